The van der Waals surface area contributed by atoms with Gasteiger partial charge in [-0.2, -0.15) is 0 Å². The summed E-state index contributed by atoms with van der Waals surface area (Å²) in [5, 5.41) is 0.869. The van der Waals surface area contributed by atoms with Crippen LogP contribution in [-0.2, 0) is 14.1 Å². The van der Waals surface area contributed by atoms with E-state index in [0.29, 0.717) is 5.75 Å². The molecule has 0 bridgehead atoms. The Kier molecular flexibility index (Phi) is 3.36. The second kappa shape index (κ2) is 5.17. The first kappa shape index (κ1) is 13.0. The van der Waals surface area contributed by atoms with Gasteiger partial charge in [0.2, 0.25) is 0 Å². The number of rotatable bonds is 4. The summed E-state index contributed by atoms with van der Waals surface area (Å²) in [6.07, 6.45) is 1.88. The highest BCUT2D eigenvalue weighted by Crippen LogP contribution is 2.23. The van der Waals surface area contributed by atoms with Crippen molar-refractivity contribution >= 4 is 28.6 Å². The molecule has 0 N–H and O–H groups in total. The van der Waals surface area contributed by atoms with E-state index in [9.17, 15) is 4.79 Å². The summed E-state index contributed by atoms with van der Waals surface area (Å²) in [5.41, 5.74) is 2.78. The molecule has 5 heteroatoms. The Morgan fingerprint density at radius 1 is 1.20 bits per heavy atom. The van der Waals surface area contributed by atoms with E-state index in [0.717, 1.165) is 21.9 Å². The van der Waals surface area contributed by atoms with Gasteiger partial charge in [-0.05, 0) is 24.3 Å². The smallest absolute Gasteiger partial charge is 0.189 e. The number of carbonyl (C=O) groups is 1. The second-order valence-electron chi connectivity index (χ2n) is 4.66. The van der Waals surface area contributed by atoms with Crippen molar-refractivity contribution in [1.29, 1.82) is 0 Å². The van der Waals surface area contributed by atoms with Gasteiger partial charge in [0.1, 0.15) is 0 Å². The van der Waals surface area contributed by atoms with Crippen LogP contribution in [0.1, 0.15) is 10.5 Å². The Labute approximate surface area is 121 Å². The second-order valence-corrected chi connectivity index (χ2v) is 5.60. The molecule has 0 unspecified atom stereocenters. The van der Waals surface area contributed by atoms with Crippen molar-refractivity contribution in [3.05, 3.63) is 48.3 Å². The van der Waals surface area contributed by atoms with Crippen molar-refractivity contribution in [2.75, 3.05) is 5.75 Å². The zero-order valence-electron chi connectivity index (χ0n) is 11.4. The molecule has 0 amide bonds. The Balaban J connectivity index is 1.79. The van der Waals surface area contributed by atoms with E-state index in [1.165, 1.54) is 11.8 Å². The molecule has 20 heavy (non-hydrogen) atoms. The summed E-state index contributed by atoms with van der Waals surface area (Å²) < 4.78 is 3.87. The molecule has 102 valence electrons. The quantitative estimate of drug-likeness (QED) is 0.546. The van der Waals surface area contributed by atoms with Gasteiger partial charge >= 0.3 is 0 Å². The van der Waals surface area contributed by atoms with Gasteiger partial charge in [-0.3, -0.25) is 4.79 Å². The van der Waals surface area contributed by atoms with E-state index in [2.05, 4.69) is 4.98 Å². The van der Waals surface area contributed by atoms with Crippen molar-refractivity contribution in [2.45, 2.75) is 5.16 Å². The van der Waals surface area contributed by atoms with Crippen LogP contribution in [0.15, 0.2) is 47.8 Å². The first-order chi connectivity index (χ1) is 9.66. The summed E-state index contributed by atoms with van der Waals surface area (Å²) in [7, 11) is 3.86. The van der Waals surface area contributed by atoms with Gasteiger partial charge in [-0.25, -0.2) is 4.98 Å². The number of nitrogens with zero attached hydrogens (tertiary/aromatic N) is 3. The number of imidazole rings is 1. The van der Waals surface area contributed by atoms with Gasteiger partial charge < -0.3 is 9.13 Å². The van der Waals surface area contributed by atoms with Crippen LogP contribution in [-0.4, -0.2) is 25.7 Å². The van der Waals surface area contributed by atoms with E-state index in [-0.39, 0.29) is 5.78 Å². The van der Waals surface area contributed by atoms with Gasteiger partial charge in [-0.15, -0.1) is 0 Å². The van der Waals surface area contributed by atoms with Crippen LogP contribution in [0, 0.1) is 0 Å². The van der Waals surface area contributed by atoms with Crippen LogP contribution in [0.5, 0.6) is 0 Å². The molecule has 0 aliphatic rings. The summed E-state index contributed by atoms with van der Waals surface area (Å²) >= 11 is 1.48. The normalized spacial score (nSPS) is 11.1. The number of hydrogen-bond donors (Lipinski definition) is 0. The van der Waals surface area contributed by atoms with Crippen molar-refractivity contribution in [3.63, 3.8) is 0 Å². The molecule has 0 atom stereocenters. The zero-order chi connectivity index (χ0) is 14.1. The number of aromatic nitrogens is 3. The molecule has 0 aliphatic carbocycles. The summed E-state index contributed by atoms with van der Waals surface area (Å²) in [6.45, 7) is 0. The summed E-state index contributed by atoms with van der Waals surface area (Å²) in [4.78, 5) is 16.7. The minimum Gasteiger partial charge on any atom is -0.348 e. The molecule has 0 aliphatic heterocycles. The molecule has 0 saturated carbocycles. The maximum absolute atomic E-state index is 12.1. The fraction of sp³-hybridized carbons (Fsp3) is 0.200. The van der Waals surface area contributed by atoms with E-state index in [4.69, 9.17) is 0 Å². The lowest BCUT2D eigenvalue weighted by atomic mass is 10.3. The molecule has 2 heterocycles. The van der Waals surface area contributed by atoms with Gasteiger partial charge in [0.05, 0.1) is 22.5 Å². The Bertz CT molecular complexity index is 772. The maximum Gasteiger partial charge on any atom is 0.189 e. The molecule has 2 aromatic heterocycles. The fourth-order valence-corrected chi connectivity index (χ4v) is 3.07. The van der Waals surface area contributed by atoms with Crippen molar-refractivity contribution in [1.82, 2.24) is 14.1 Å². The predicted molar refractivity (Wildman–Crippen MR) is 81.2 cm³/mol. The third kappa shape index (κ3) is 2.25. The standard InChI is InChI=1S/C15H15N3OS/c1-17-9-5-8-13(17)14(19)10-20-15-16-11-6-3-4-7-12(11)18(15)2/h3-9H,10H2,1-2H3. The number of benzene rings is 1. The number of para-hydroxylation sites is 2. The Hall–Kier alpha value is -2.01. The lowest BCUT2D eigenvalue weighted by molar-refractivity contribution is 0.101. The lowest BCUT2D eigenvalue weighted by Gasteiger charge is -2.03. The first-order valence-electron chi connectivity index (χ1n) is 6.35. The molecule has 0 saturated heterocycles. The molecule has 0 spiro atoms. The third-order valence-corrected chi connectivity index (χ3v) is 4.34. The molecule has 4 nitrogen and oxygen atoms in total. The van der Waals surface area contributed by atoms with E-state index in [1.54, 1.807) is 0 Å². The first-order valence-corrected chi connectivity index (χ1v) is 7.34. The number of Topliss-reactive ketones (excluding diaryl/α,β-unsaturated/α-hetero) is 1. The lowest BCUT2D eigenvalue weighted by Crippen LogP contribution is -2.08. The van der Waals surface area contributed by atoms with Gasteiger partial charge in [0, 0.05) is 20.3 Å². The number of aryl methyl sites for hydroxylation is 2. The predicted octanol–water partition coefficient (Wildman–Crippen LogP) is 2.89. The van der Waals surface area contributed by atoms with Crippen molar-refractivity contribution in [3.8, 4) is 0 Å². The largest absolute Gasteiger partial charge is 0.348 e. The third-order valence-electron chi connectivity index (χ3n) is 3.31. The monoisotopic (exact) mass is 285 g/mol. The molecule has 0 fully saturated rings. The molecular formula is C15H15N3OS. The number of carbonyl (C=O) groups excluding carboxylic acids is 1. The number of hydrogen-bond acceptors (Lipinski definition) is 3. The minimum atomic E-state index is 0.120. The van der Waals surface area contributed by atoms with Gasteiger partial charge in [-0.1, -0.05) is 23.9 Å². The highest BCUT2D eigenvalue weighted by Gasteiger charge is 2.13. The summed E-state index contributed by atoms with van der Waals surface area (Å²) in [5.74, 6) is 0.518. The molecule has 1 aromatic carbocycles. The fourth-order valence-electron chi connectivity index (χ4n) is 2.21. The molecule has 0 radical (unpaired) electrons. The van der Waals surface area contributed by atoms with E-state index in [1.807, 2.05) is 65.8 Å². The summed E-state index contributed by atoms with van der Waals surface area (Å²) in [6, 6.07) is 11.7. The van der Waals surface area contributed by atoms with E-state index >= 15 is 0 Å². The average molecular weight is 285 g/mol. The van der Waals surface area contributed by atoms with Crippen LogP contribution < -0.4 is 0 Å². The topological polar surface area (TPSA) is 39.8 Å². The molecular weight excluding hydrogens is 270 g/mol. The highest BCUT2D eigenvalue weighted by molar-refractivity contribution is 7.99. The van der Waals surface area contributed by atoms with Gasteiger partial charge in [0.15, 0.2) is 10.9 Å². The van der Waals surface area contributed by atoms with E-state index < -0.39 is 0 Å². The van der Waals surface area contributed by atoms with Crippen LogP contribution in [0.4, 0.5) is 0 Å². The van der Waals surface area contributed by atoms with Gasteiger partial charge in [0.25, 0.3) is 0 Å². The molecule has 3 aromatic rings. The van der Waals surface area contributed by atoms with Crippen LogP contribution in [0.25, 0.3) is 11.0 Å². The van der Waals surface area contributed by atoms with Crippen molar-refractivity contribution in [2.24, 2.45) is 14.1 Å². The molecule has 3 rings (SSSR count). The Morgan fingerprint density at radius 2 is 2.00 bits per heavy atom. The average Bonchev–Trinajstić information content (AvgIpc) is 3.01. The Morgan fingerprint density at radius 3 is 2.70 bits per heavy atom. The number of ketones is 1. The SMILES string of the molecule is Cn1cccc1C(=O)CSc1nc2ccccc2n1C. The maximum atomic E-state index is 12.1. The van der Waals surface area contributed by atoms with Crippen LogP contribution >= 0.6 is 11.8 Å². The van der Waals surface area contributed by atoms with Crippen LogP contribution in [0.3, 0.4) is 0 Å². The van der Waals surface area contributed by atoms with Crippen LogP contribution in [0.2, 0.25) is 0 Å². The number of thioether (sulfide) groups is 1. The highest BCUT2D eigenvalue weighted by atomic mass is 32.2. The zero-order valence-corrected chi connectivity index (χ0v) is 12.2. The van der Waals surface area contributed by atoms with Crippen molar-refractivity contribution < 1.29 is 4.79 Å². The minimum absolute atomic E-state index is 0.120. The number of fused-ring (bicyclic) bond motifs is 1.